The molecule has 2 aromatic rings. The van der Waals surface area contributed by atoms with Crippen LogP contribution in [0.4, 0.5) is 5.69 Å². The van der Waals surface area contributed by atoms with Gasteiger partial charge in [-0.25, -0.2) is 8.42 Å². The van der Waals surface area contributed by atoms with E-state index in [2.05, 4.69) is 19.2 Å². The summed E-state index contributed by atoms with van der Waals surface area (Å²) in [5.41, 5.74) is 2.36. The summed E-state index contributed by atoms with van der Waals surface area (Å²) in [6, 6.07) is 13.8. The second kappa shape index (κ2) is 11.2. The molecule has 2 rings (SSSR count). The van der Waals surface area contributed by atoms with Gasteiger partial charge in [0.2, 0.25) is 5.91 Å². The van der Waals surface area contributed by atoms with Crippen molar-refractivity contribution in [2.45, 2.75) is 58.3 Å². The number of carbonyl (C=O) groups excluding carboxylic acids is 1. The highest BCUT2D eigenvalue weighted by Crippen LogP contribution is 2.28. The Morgan fingerprint density at radius 1 is 1.03 bits per heavy atom. The van der Waals surface area contributed by atoms with Gasteiger partial charge in [-0.2, -0.15) is 0 Å². The summed E-state index contributed by atoms with van der Waals surface area (Å²) in [4.78, 5) is 13.0. The van der Waals surface area contributed by atoms with Gasteiger partial charge < -0.3 is 5.32 Å². The van der Waals surface area contributed by atoms with E-state index in [4.69, 9.17) is 0 Å². The second-order valence-electron chi connectivity index (χ2n) is 7.76. The lowest BCUT2D eigenvalue weighted by molar-refractivity contribution is -0.119. The highest BCUT2D eigenvalue weighted by atomic mass is 32.2. The van der Waals surface area contributed by atoms with Crippen LogP contribution in [0.5, 0.6) is 0 Å². The molecule has 6 heteroatoms. The van der Waals surface area contributed by atoms with E-state index in [1.165, 1.54) is 4.31 Å². The van der Waals surface area contributed by atoms with E-state index in [0.29, 0.717) is 18.2 Å². The van der Waals surface area contributed by atoms with Gasteiger partial charge in [0.15, 0.2) is 0 Å². The molecule has 0 unspecified atom stereocenters. The normalized spacial score (nSPS) is 12.4. The van der Waals surface area contributed by atoms with E-state index in [-0.39, 0.29) is 17.3 Å². The predicted molar refractivity (Wildman–Crippen MR) is 123 cm³/mol. The van der Waals surface area contributed by atoms with Gasteiger partial charge >= 0.3 is 0 Å². The van der Waals surface area contributed by atoms with Crippen LogP contribution in [0.2, 0.25) is 0 Å². The minimum absolute atomic E-state index is 0.174. The van der Waals surface area contributed by atoms with Crippen LogP contribution in [0.25, 0.3) is 0 Å². The summed E-state index contributed by atoms with van der Waals surface area (Å²) in [6.45, 7) is 8.42. The van der Waals surface area contributed by atoms with Gasteiger partial charge in [-0.3, -0.25) is 9.10 Å². The smallest absolute Gasteiger partial charge is 0.264 e. The Morgan fingerprint density at radius 2 is 1.73 bits per heavy atom. The van der Waals surface area contributed by atoms with Crippen LogP contribution in [-0.2, 0) is 14.8 Å². The van der Waals surface area contributed by atoms with Crippen LogP contribution in [-0.4, -0.2) is 27.4 Å². The van der Waals surface area contributed by atoms with Gasteiger partial charge in [0.1, 0.15) is 6.54 Å². The molecule has 5 nitrogen and oxygen atoms in total. The Morgan fingerprint density at radius 3 is 2.37 bits per heavy atom. The summed E-state index contributed by atoms with van der Waals surface area (Å²) in [5, 5.41) is 2.96. The van der Waals surface area contributed by atoms with Gasteiger partial charge in [0, 0.05) is 6.54 Å². The van der Waals surface area contributed by atoms with Crippen LogP contribution in [0.15, 0.2) is 53.4 Å². The summed E-state index contributed by atoms with van der Waals surface area (Å²) in [7, 11) is -3.87. The van der Waals surface area contributed by atoms with Crippen LogP contribution >= 0.6 is 0 Å². The van der Waals surface area contributed by atoms with E-state index < -0.39 is 10.0 Å². The van der Waals surface area contributed by atoms with Crippen molar-refractivity contribution in [3.05, 3.63) is 59.7 Å². The van der Waals surface area contributed by atoms with E-state index in [9.17, 15) is 13.2 Å². The first-order valence-corrected chi connectivity index (χ1v) is 12.2. The molecule has 0 saturated heterocycles. The molecule has 0 saturated carbocycles. The number of anilines is 1. The van der Waals surface area contributed by atoms with Crippen molar-refractivity contribution in [3.63, 3.8) is 0 Å². The summed E-state index contributed by atoms with van der Waals surface area (Å²) in [5.74, 6) is 0.124. The number of rotatable bonds is 11. The van der Waals surface area contributed by atoms with Gasteiger partial charge in [0.25, 0.3) is 10.0 Å². The third kappa shape index (κ3) is 6.08. The van der Waals surface area contributed by atoms with Gasteiger partial charge in [-0.05, 0) is 55.5 Å². The number of hydrogen-bond acceptors (Lipinski definition) is 3. The van der Waals surface area contributed by atoms with E-state index >= 15 is 0 Å². The molecule has 0 radical (unpaired) electrons. The zero-order valence-corrected chi connectivity index (χ0v) is 19.3. The first kappa shape index (κ1) is 23.9. The fraction of sp³-hybridized carbons (Fsp3) is 0.458. The molecular formula is C24H34N2O3S. The maximum Gasteiger partial charge on any atom is 0.264 e. The Labute approximate surface area is 181 Å². The SMILES string of the molecule is CCCC[C@@H](CC)CNC(=O)CN(c1cccc(C)c1C)S(=O)(=O)c1ccccc1. The average molecular weight is 431 g/mol. The van der Waals surface area contributed by atoms with Gasteiger partial charge in [0.05, 0.1) is 10.6 Å². The van der Waals surface area contributed by atoms with Crippen molar-refractivity contribution < 1.29 is 13.2 Å². The number of unbranched alkanes of at least 4 members (excludes halogenated alkanes) is 1. The molecule has 1 amide bonds. The number of amides is 1. The van der Waals surface area contributed by atoms with Crippen molar-refractivity contribution in [2.75, 3.05) is 17.4 Å². The molecule has 30 heavy (non-hydrogen) atoms. The predicted octanol–water partition coefficient (Wildman–Crippen LogP) is 4.83. The Bertz CT molecular complexity index is 927. The molecule has 0 aliphatic carbocycles. The lowest BCUT2D eigenvalue weighted by Crippen LogP contribution is -2.42. The van der Waals surface area contributed by atoms with Crippen LogP contribution in [0.1, 0.15) is 50.7 Å². The van der Waals surface area contributed by atoms with Crippen molar-refractivity contribution in [1.82, 2.24) is 5.32 Å². The molecule has 164 valence electrons. The topological polar surface area (TPSA) is 66.5 Å². The lowest BCUT2D eigenvalue weighted by Gasteiger charge is -2.26. The van der Waals surface area contributed by atoms with Crippen LogP contribution < -0.4 is 9.62 Å². The molecule has 2 aromatic carbocycles. The molecule has 1 atom stereocenters. The van der Waals surface area contributed by atoms with Crippen molar-refractivity contribution in [1.29, 1.82) is 0 Å². The third-order valence-electron chi connectivity index (χ3n) is 5.59. The van der Waals surface area contributed by atoms with Crippen molar-refractivity contribution in [2.24, 2.45) is 5.92 Å². The minimum atomic E-state index is -3.87. The van der Waals surface area contributed by atoms with E-state index in [1.807, 2.05) is 26.0 Å². The number of nitrogens with zero attached hydrogens (tertiary/aromatic N) is 1. The number of carbonyl (C=O) groups is 1. The fourth-order valence-corrected chi connectivity index (χ4v) is 4.91. The number of hydrogen-bond donors (Lipinski definition) is 1. The zero-order chi connectivity index (χ0) is 22.1. The molecule has 0 heterocycles. The lowest BCUT2D eigenvalue weighted by atomic mass is 9.99. The summed E-state index contributed by atoms with van der Waals surface area (Å²) < 4.78 is 28.1. The highest BCUT2D eigenvalue weighted by Gasteiger charge is 2.28. The van der Waals surface area contributed by atoms with E-state index in [1.54, 1.807) is 36.4 Å². The standard InChI is InChI=1S/C24H34N2O3S/c1-5-7-13-21(6-2)17-25-24(27)18-26(23-16-11-12-19(3)20(23)4)30(28,29)22-14-9-8-10-15-22/h8-12,14-16,21H,5-7,13,17-18H2,1-4H3,(H,25,27)/t21-/m1/s1. The molecule has 0 bridgehead atoms. The summed E-state index contributed by atoms with van der Waals surface area (Å²) >= 11 is 0. The number of sulfonamides is 1. The second-order valence-corrected chi connectivity index (χ2v) is 9.63. The molecule has 0 spiro atoms. The molecular weight excluding hydrogens is 396 g/mol. The number of nitrogens with one attached hydrogen (secondary N) is 1. The largest absolute Gasteiger partial charge is 0.354 e. The average Bonchev–Trinajstić information content (AvgIpc) is 2.75. The fourth-order valence-electron chi connectivity index (χ4n) is 3.41. The Balaban J connectivity index is 2.29. The monoisotopic (exact) mass is 430 g/mol. The maximum absolute atomic E-state index is 13.4. The zero-order valence-electron chi connectivity index (χ0n) is 18.5. The van der Waals surface area contributed by atoms with Crippen molar-refractivity contribution in [3.8, 4) is 0 Å². The third-order valence-corrected chi connectivity index (χ3v) is 7.37. The highest BCUT2D eigenvalue weighted by molar-refractivity contribution is 7.92. The Hall–Kier alpha value is -2.34. The summed E-state index contributed by atoms with van der Waals surface area (Å²) in [6.07, 6.45) is 4.31. The minimum Gasteiger partial charge on any atom is -0.354 e. The van der Waals surface area contributed by atoms with E-state index in [0.717, 1.165) is 36.8 Å². The number of aryl methyl sites for hydroxylation is 1. The molecule has 0 fully saturated rings. The molecule has 1 N–H and O–H groups in total. The maximum atomic E-state index is 13.4. The Kier molecular flexibility index (Phi) is 8.90. The first-order valence-electron chi connectivity index (χ1n) is 10.7. The van der Waals surface area contributed by atoms with Gasteiger partial charge in [-0.15, -0.1) is 0 Å². The van der Waals surface area contributed by atoms with Crippen molar-refractivity contribution >= 4 is 21.6 Å². The quantitative estimate of drug-likeness (QED) is 0.555. The van der Waals surface area contributed by atoms with Gasteiger partial charge in [-0.1, -0.05) is 63.4 Å². The molecule has 0 aliphatic rings. The molecule has 0 aliphatic heterocycles. The van der Waals surface area contributed by atoms with Crippen LogP contribution in [0, 0.1) is 19.8 Å². The first-order chi connectivity index (χ1) is 14.3. The molecule has 0 aromatic heterocycles. The van der Waals surface area contributed by atoms with Crippen LogP contribution in [0.3, 0.4) is 0 Å². The number of benzene rings is 2.